The fourth-order valence-electron chi connectivity index (χ4n) is 3.03. The zero-order valence-electron chi connectivity index (χ0n) is 14.7. The molecule has 2 N–H and O–H groups in total. The third-order valence-electron chi connectivity index (χ3n) is 4.35. The van der Waals surface area contributed by atoms with E-state index in [1.807, 2.05) is 55.8 Å². The van der Waals surface area contributed by atoms with E-state index in [-0.39, 0.29) is 18.0 Å². The molecule has 0 aliphatic carbocycles. The van der Waals surface area contributed by atoms with E-state index in [0.29, 0.717) is 25.2 Å². The van der Waals surface area contributed by atoms with E-state index in [9.17, 15) is 9.59 Å². The van der Waals surface area contributed by atoms with Gasteiger partial charge in [-0.2, -0.15) is 5.10 Å². The Kier molecular flexibility index (Phi) is 4.74. The van der Waals surface area contributed by atoms with Gasteiger partial charge in [0, 0.05) is 31.2 Å². The van der Waals surface area contributed by atoms with E-state index in [1.54, 1.807) is 4.90 Å². The van der Waals surface area contributed by atoms with Crippen LogP contribution in [0.1, 0.15) is 24.7 Å². The van der Waals surface area contributed by atoms with Crippen molar-refractivity contribution in [3.05, 3.63) is 41.7 Å². The lowest BCUT2D eigenvalue weighted by Gasteiger charge is -2.27. The number of carbonyl (C=O) groups excluding carboxylic acids is 2. The van der Waals surface area contributed by atoms with Crippen molar-refractivity contribution in [1.82, 2.24) is 20.0 Å². The SMILES string of the molecule is Cc1cc(C)n(-c2ccccc2NC(=O)N2CCC(=O)NCC2C)n1. The van der Waals surface area contributed by atoms with Crippen LogP contribution in [0.25, 0.3) is 5.69 Å². The Morgan fingerprint density at radius 2 is 2.08 bits per heavy atom. The van der Waals surface area contributed by atoms with E-state index >= 15 is 0 Å². The lowest BCUT2D eigenvalue weighted by Crippen LogP contribution is -2.44. The minimum Gasteiger partial charge on any atom is -0.354 e. The molecule has 25 heavy (non-hydrogen) atoms. The van der Waals surface area contributed by atoms with E-state index in [1.165, 1.54) is 0 Å². The van der Waals surface area contributed by atoms with Crippen LogP contribution >= 0.6 is 0 Å². The first kappa shape index (κ1) is 17.0. The van der Waals surface area contributed by atoms with Crippen molar-refractivity contribution in [1.29, 1.82) is 0 Å². The number of hydrogen-bond donors (Lipinski definition) is 2. The number of anilines is 1. The summed E-state index contributed by atoms with van der Waals surface area (Å²) >= 11 is 0. The summed E-state index contributed by atoms with van der Waals surface area (Å²) in [5, 5.41) is 10.3. The Hall–Kier alpha value is -2.83. The maximum atomic E-state index is 12.8. The third kappa shape index (κ3) is 3.65. The maximum Gasteiger partial charge on any atom is 0.322 e. The Balaban J connectivity index is 1.84. The van der Waals surface area contributed by atoms with Crippen molar-refractivity contribution in [2.75, 3.05) is 18.4 Å². The number of aromatic nitrogens is 2. The number of hydrogen-bond acceptors (Lipinski definition) is 3. The van der Waals surface area contributed by atoms with Crippen LogP contribution in [0.15, 0.2) is 30.3 Å². The second-order valence-corrected chi connectivity index (χ2v) is 6.38. The Morgan fingerprint density at radius 3 is 2.80 bits per heavy atom. The van der Waals surface area contributed by atoms with Crippen LogP contribution in [0.4, 0.5) is 10.5 Å². The van der Waals surface area contributed by atoms with Gasteiger partial charge in [-0.05, 0) is 39.0 Å². The zero-order chi connectivity index (χ0) is 18.0. The average Bonchev–Trinajstić information content (AvgIpc) is 2.81. The first-order chi connectivity index (χ1) is 12.0. The van der Waals surface area contributed by atoms with Gasteiger partial charge >= 0.3 is 6.03 Å². The molecule has 7 heteroatoms. The number of amides is 3. The number of nitrogens with zero attached hydrogens (tertiary/aromatic N) is 3. The van der Waals surface area contributed by atoms with Crippen molar-refractivity contribution in [2.24, 2.45) is 0 Å². The summed E-state index contributed by atoms with van der Waals surface area (Å²) in [6, 6.07) is 9.29. The molecule has 3 amide bonds. The molecule has 1 aromatic heterocycles. The van der Waals surface area contributed by atoms with Gasteiger partial charge in [-0.3, -0.25) is 4.79 Å². The van der Waals surface area contributed by atoms with E-state index in [4.69, 9.17) is 0 Å². The summed E-state index contributed by atoms with van der Waals surface area (Å²) < 4.78 is 1.82. The molecule has 3 rings (SSSR count). The predicted molar refractivity (Wildman–Crippen MR) is 95.9 cm³/mol. The Labute approximate surface area is 147 Å². The van der Waals surface area contributed by atoms with Crippen LogP contribution in [0.2, 0.25) is 0 Å². The highest BCUT2D eigenvalue weighted by Gasteiger charge is 2.25. The van der Waals surface area contributed by atoms with Crippen molar-refractivity contribution >= 4 is 17.6 Å². The van der Waals surface area contributed by atoms with Gasteiger partial charge in [-0.15, -0.1) is 0 Å². The standard InChI is InChI=1S/C18H23N5O2/c1-12-10-13(2)23(21-12)16-7-5-4-6-15(16)20-18(25)22-9-8-17(24)19-11-14(22)3/h4-7,10,14H,8-9,11H2,1-3H3,(H,19,24)(H,20,25). The predicted octanol–water partition coefficient (Wildman–Crippen LogP) is 2.23. The molecule has 1 saturated heterocycles. The molecule has 1 fully saturated rings. The molecule has 0 radical (unpaired) electrons. The second kappa shape index (κ2) is 6.96. The molecular formula is C18H23N5O2. The molecule has 1 unspecified atom stereocenters. The van der Waals surface area contributed by atoms with Gasteiger partial charge in [0.05, 0.1) is 17.1 Å². The normalized spacial score (nSPS) is 17.8. The molecule has 1 aliphatic rings. The van der Waals surface area contributed by atoms with Gasteiger partial charge in [-0.25, -0.2) is 9.48 Å². The summed E-state index contributed by atoms with van der Waals surface area (Å²) in [5.74, 6) is -0.0230. The molecule has 1 atom stereocenters. The zero-order valence-corrected chi connectivity index (χ0v) is 14.7. The van der Waals surface area contributed by atoms with Crippen molar-refractivity contribution in [3.63, 3.8) is 0 Å². The molecule has 2 heterocycles. The minimum atomic E-state index is -0.210. The summed E-state index contributed by atoms with van der Waals surface area (Å²) in [5.41, 5.74) is 3.43. The van der Waals surface area contributed by atoms with Crippen LogP contribution in [0, 0.1) is 13.8 Å². The molecule has 0 bridgehead atoms. The fraction of sp³-hybridized carbons (Fsp3) is 0.389. The van der Waals surface area contributed by atoms with Crippen LogP contribution in [-0.2, 0) is 4.79 Å². The van der Waals surface area contributed by atoms with Crippen LogP contribution in [0.3, 0.4) is 0 Å². The van der Waals surface area contributed by atoms with Gasteiger partial charge in [0.1, 0.15) is 0 Å². The molecular weight excluding hydrogens is 318 g/mol. The number of para-hydroxylation sites is 2. The highest BCUT2D eigenvalue weighted by Crippen LogP contribution is 2.22. The van der Waals surface area contributed by atoms with Crippen LogP contribution in [-0.4, -0.2) is 45.8 Å². The molecule has 0 saturated carbocycles. The van der Waals surface area contributed by atoms with Crippen LogP contribution < -0.4 is 10.6 Å². The Bertz CT molecular complexity index is 799. The summed E-state index contributed by atoms with van der Waals surface area (Å²) in [4.78, 5) is 26.0. The van der Waals surface area contributed by atoms with Gasteiger partial charge in [0.15, 0.2) is 0 Å². The summed E-state index contributed by atoms with van der Waals surface area (Å²) in [7, 11) is 0. The lowest BCUT2D eigenvalue weighted by molar-refractivity contribution is -0.120. The number of nitrogens with one attached hydrogen (secondary N) is 2. The molecule has 0 spiro atoms. The highest BCUT2D eigenvalue weighted by molar-refractivity contribution is 5.92. The number of aryl methyl sites for hydroxylation is 2. The van der Waals surface area contributed by atoms with E-state index in [2.05, 4.69) is 15.7 Å². The summed E-state index contributed by atoms with van der Waals surface area (Å²) in [6.07, 6.45) is 0.316. The van der Waals surface area contributed by atoms with Crippen molar-refractivity contribution < 1.29 is 9.59 Å². The smallest absolute Gasteiger partial charge is 0.322 e. The highest BCUT2D eigenvalue weighted by atomic mass is 16.2. The third-order valence-corrected chi connectivity index (χ3v) is 4.35. The van der Waals surface area contributed by atoms with Gasteiger partial charge in [0.25, 0.3) is 0 Å². The molecule has 1 aromatic carbocycles. The van der Waals surface area contributed by atoms with Crippen molar-refractivity contribution in [2.45, 2.75) is 33.2 Å². The van der Waals surface area contributed by atoms with Crippen molar-refractivity contribution in [3.8, 4) is 5.69 Å². The first-order valence-electron chi connectivity index (χ1n) is 8.42. The Morgan fingerprint density at radius 1 is 1.32 bits per heavy atom. The number of carbonyl (C=O) groups is 2. The number of benzene rings is 1. The van der Waals surface area contributed by atoms with Gasteiger partial charge in [0.2, 0.25) is 5.91 Å². The monoisotopic (exact) mass is 341 g/mol. The second-order valence-electron chi connectivity index (χ2n) is 6.38. The largest absolute Gasteiger partial charge is 0.354 e. The van der Waals surface area contributed by atoms with Gasteiger partial charge < -0.3 is 15.5 Å². The maximum absolute atomic E-state index is 12.8. The average molecular weight is 341 g/mol. The van der Waals surface area contributed by atoms with Crippen LogP contribution in [0.5, 0.6) is 0 Å². The quantitative estimate of drug-likeness (QED) is 0.879. The van der Waals surface area contributed by atoms with E-state index < -0.39 is 0 Å². The molecule has 132 valence electrons. The lowest BCUT2D eigenvalue weighted by atomic mass is 10.2. The molecule has 2 aromatic rings. The van der Waals surface area contributed by atoms with Gasteiger partial charge in [-0.1, -0.05) is 12.1 Å². The molecule has 7 nitrogen and oxygen atoms in total. The fourth-order valence-corrected chi connectivity index (χ4v) is 3.03. The number of rotatable bonds is 2. The molecule has 1 aliphatic heterocycles. The minimum absolute atomic E-state index is 0.0230. The van der Waals surface area contributed by atoms with E-state index in [0.717, 1.165) is 17.1 Å². The topological polar surface area (TPSA) is 79.3 Å². The first-order valence-corrected chi connectivity index (χ1v) is 8.42. The summed E-state index contributed by atoms with van der Waals surface area (Å²) in [6.45, 7) is 6.71. The number of urea groups is 1.